The second-order valence-electron chi connectivity index (χ2n) is 6.76. The number of carbonyl (C=O) groups is 1. The summed E-state index contributed by atoms with van der Waals surface area (Å²) < 4.78 is 13.3. The first kappa shape index (κ1) is 17.8. The molecule has 0 saturated carbocycles. The maximum Gasteiger partial charge on any atom is 0.267 e. The van der Waals surface area contributed by atoms with Crippen LogP contribution in [0.1, 0.15) is 27.2 Å². The van der Waals surface area contributed by atoms with Crippen LogP contribution in [0.5, 0.6) is 0 Å². The second kappa shape index (κ2) is 7.19. The van der Waals surface area contributed by atoms with Gasteiger partial charge in [0.05, 0.1) is 5.52 Å². The molecule has 0 aliphatic heterocycles. The standard InChI is InChI=1S/C23H18FN3O/c1-14-8-9-26-13-17(14)10-15-2-7-19-20(16-3-5-18(24)6-4-16)12-22(23(25)28)27-21(19)11-15/h2-9,11-13H,10H2,1H3,(H2,25,28). The van der Waals surface area contributed by atoms with Gasteiger partial charge in [-0.3, -0.25) is 9.78 Å². The Hall–Kier alpha value is -3.60. The molecule has 4 nitrogen and oxygen atoms in total. The topological polar surface area (TPSA) is 68.9 Å². The number of carbonyl (C=O) groups excluding carboxylic acids is 1. The lowest BCUT2D eigenvalue weighted by Crippen LogP contribution is -2.13. The maximum absolute atomic E-state index is 13.3. The van der Waals surface area contributed by atoms with Crippen molar-refractivity contribution in [2.45, 2.75) is 13.3 Å². The highest BCUT2D eigenvalue weighted by atomic mass is 19.1. The van der Waals surface area contributed by atoms with Crippen molar-refractivity contribution in [2.75, 3.05) is 0 Å². The van der Waals surface area contributed by atoms with E-state index in [4.69, 9.17) is 5.73 Å². The monoisotopic (exact) mass is 371 g/mol. The molecule has 0 radical (unpaired) electrons. The number of pyridine rings is 2. The van der Waals surface area contributed by atoms with Crippen LogP contribution < -0.4 is 5.73 Å². The number of nitrogens with zero attached hydrogens (tertiary/aromatic N) is 2. The molecule has 2 N–H and O–H groups in total. The number of amides is 1. The molecule has 0 fully saturated rings. The molecule has 2 aromatic heterocycles. The van der Waals surface area contributed by atoms with Crippen molar-refractivity contribution < 1.29 is 9.18 Å². The first-order valence-electron chi connectivity index (χ1n) is 8.90. The SMILES string of the molecule is Cc1ccncc1Cc1ccc2c(-c3ccc(F)cc3)cc(C(N)=O)nc2c1. The Balaban J connectivity index is 1.85. The minimum Gasteiger partial charge on any atom is -0.364 e. The van der Waals surface area contributed by atoms with Crippen LogP contribution in [0.3, 0.4) is 0 Å². The van der Waals surface area contributed by atoms with E-state index in [1.807, 2.05) is 37.4 Å². The molecule has 0 atom stereocenters. The van der Waals surface area contributed by atoms with E-state index in [-0.39, 0.29) is 11.5 Å². The van der Waals surface area contributed by atoms with Crippen molar-refractivity contribution >= 4 is 16.8 Å². The predicted octanol–water partition coefficient (Wildman–Crippen LogP) is 4.43. The van der Waals surface area contributed by atoms with Gasteiger partial charge in [-0.1, -0.05) is 24.3 Å². The van der Waals surface area contributed by atoms with Gasteiger partial charge in [0, 0.05) is 17.8 Å². The summed E-state index contributed by atoms with van der Waals surface area (Å²) in [4.78, 5) is 20.4. The van der Waals surface area contributed by atoms with Crippen LogP contribution >= 0.6 is 0 Å². The van der Waals surface area contributed by atoms with Crippen molar-refractivity contribution in [1.29, 1.82) is 0 Å². The molecule has 0 bridgehead atoms. The van der Waals surface area contributed by atoms with E-state index in [0.29, 0.717) is 11.9 Å². The molecular formula is C23H18FN3O. The maximum atomic E-state index is 13.3. The smallest absolute Gasteiger partial charge is 0.267 e. The van der Waals surface area contributed by atoms with Gasteiger partial charge in [0.1, 0.15) is 11.5 Å². The minimum absolute atomic E-state index is 0.182. The van der Waals surface area contributed by atoms with Crippen molar-refractivity contribution in [1.82, 2.24) is 9.97 Å². The quantitative estimate of drug-likeness (QED) is 0.577. The Kier molecular flexibility index (Phi) is 4.57. The predicted molar refractivity (Wildman–Crippen MR) is 107 cm³/mol. The summed E-state index contributed by atoms with van der Waals surface area (Å²) in [5.41, 5.74) is 11.3. The Labute approximate surface area is 161 Å². The first-order chi connectivity index (χ1) is 13.5. The third kappa shape index (κ3) is 3.47. The number of primary amides is 1. The van der Waals surface area contributed by atoms with Crippen LogP contribution in [-0.2, 0) is 6.42 Å². The normalized spacial score (nSPS) is 10.9. The average Bonchev–Trinajstić information content (AvgIpc) is 2.69. The van der Waals surface area contributed by atoms with Gasteiger partial charge in [0.15, 0.2) is 0 Å². The summed E-state index contributed by atoms with van der Waals surface area (Å²) in [5, 5.41) is 0.878. The zero-order valence-corrected chi connectivity index (χ0v) is 15.3. The van der Waals surface area contributed by atoms with Gasteiger partial charge < -0.3 is 5.73 Å². The van der Waals surface area contributed by atoms with E-state index in [0.717, 1.165) is 27.6 Å². The first-order valence-corrected chi connectivity index (χ1v) is 8.90. The number of benzene rings is 2. The highest BCUT2D eigenvalue weighted by molar-refractivity contribution is 6.00. The Bertz CT molecular complexity index is 1190. The zero-order valence-electron chi connectivity index (χ0n) is 15.3. The Morgan fingerprint density at radius 1 is 1.07 bits per heavy atom. The molecule has 0 aliphatic carbocycles. The fourth-order valence-electron chi connectivity index (χ4n) is 3.28. The van der Waals surface area contributed by atoms with Crippen molar-refractivity contribution in [3.63, 3.8) is 0 Å². The van der Waals surface area contributed by atoms with Gasteiger partial charge in [-0.2, -0.15) is 0 Å². The van der Waals surface area contributed by atoms with E-state index in [9.17, 15) is 9.18 Å². The molecular weight excluding hydrogens is 353 g/mol. The lowest BCUT2D eigenvalue weighted by atomic mass is 9.96. The van der Waals surface area contributed by atoms with Gasteiger partial charge in [-0.05, 0) is 71.5 Å². The summed E-state index contributed by atoms with van der Waals surface area (Å²) in [7, 11) is 0. The molecule has 2 aromatic carbocycles. The van der Waals surface area contributed by atoms with Crippen LogP contribution in [0.2, 0.25) is 0 Å². The third-order valence-corrected chi connectivity index (χ3v) is 4.82. The van der Waals surface area contributed by atoms with Crippen LogP contribution in [0.15, 0.2) is 67.0 Å². The molecule has 4 rings (SSSR count). The fraction of sp³-hybridized carbons (Fsp3) is 0.0870. The van der Waals surface area contributed by atoms with Gasteiger partial charge in [-0.15, -0.1) is 0 Å². The summed E-state index contributed by atoms with van der Waals surface area (Å²) in [5.74, 6) is -0.912. The average molecular weight is 371 g/mol. The van der Waals surface area contributed by atoms with E-state index in [1.165, 1.54) is 17.7 Å². The summed E-state index contributed by atoms with van der Waals surface area (Å²) in [6, 6.07) is 15.8. The molecule has 0 unspecified atom stereocenters. The summed E-state index contributed by atoms with van der Waals surface area (Å²) in [6.45, 7) is 2.05. The molecule has 0 saturated heterocycles. The number of nitrogens with two attached hydrogens (primary N) is 1. The van der Waals surface area contributed by atoms with E-state index >= 15 is 0 Å². The molecule has 138 valence electrons. The van der Waals surface area contributed by atoms with E-state index in [1.54, 1.807) is 24.4 Å². The Morgan fingerprint density at radius 2 is 1.86 bits per heavy atom. The van der Waals surface area contributed by atoms with Gasteiger partial charge >= 0.3 is 0 Å². The number of rotatable bonds is 4. The number of aryl methyl sites for hydroxylation is 1. The zero-order chi connectivity index (χ0) is 19.7. The van der Waals surface area contributed by atoms with Crippen molar-refractivity contribution in [3.05, 3.63) is 95.2 Å². The molecule has 5 heteroatoms. The Morgan fingerprint density at radius 3 is 2.57 bits per heavy atom. The van der Waals surface area contributed by atoms with Crippen molar-refractivity contribution in [3.8, 4) is 11.1 Å². The fourth-order valence-corrected chi connectivity index (χ4v) is 3.28. The van der Waals surface area contributed by atoms with Crippen LogP contribution in [-0.4, -0.2) is 15.9 Å². The van der Waals surface area contributed by atoms with E-state index in [2.05, 4.69) is 9.97 Å². The second-order valence-corrected chi connectivity index (χ2v) is 6.76. The van der Waals surface area contributed by atoms with E-state index < -0.39 is 5.91 Å². The lowest BCUT2D eigenvalue weighted by molar-refractivity contribution is 0.0996. The number of halogens is 1. The lowest BCUT2D eigenvalue weighted by Gasteiger charge is -2.11. The van der Waals surface area contributed by atoms with Crippen molar-refractivity contribution in [2.24, 2.45) is 5.73 Å². The highest BCUT2D eigenvalue weighted by Gasteiger charge is 2.12. The molecule has 0 aliphatic rings. The molecule has 4 aromatic rings. The van der Waals surface area contributed by atoms with Gasteiger partial charge in [0.2, 0.25) is 0 Å². The number of hydrogen-bond acceptors (Lipinski definition) is 3. The highest BCUT2D eigenvalue weighted by Crippen LogP contribution is 2.30. The molecule has 28 heavy (non-hydrogen) atoms. The van der Waals surface area contributed by atoms with Crippen LogP contribution in [0, 0.1) is 12.7 Å². The van der Waals surface area contributed by atoms with Crippen LogP contribution in [0.25, 0.3) is 22.0 Å². The third-order valence-electron chi connectivity index (χ3n) is 4.82. The van der Waals surface area contributed by atoms with Crippen LogP contribution in [0.4, 0.5) is 4.39 Å². The number of aromatic nitrogens is 2. The molecule has 1 amide bonds. The van der Waals surface area contributed by atoms with Gasteiger partial charge in [-0.25, -0.2) is 9.37 Å². The van der Waals surface area contributed by atoms with Gasteiger partial charge in [0.25, 0.3) is 5.91 Å². The minimum atomic E-state index is -0.598. The molecule has 2 heterocycles. The number of fused-ring (bicyclic) bond motifs is 1. The largest absolute Gasteiger partial charge is 0.364 e. The summed E-state index contributed by atoms with van der Waals surface area (Å²) in [6.07, 6.45) is 4.34. The molecule has 0 spiro atoms. The summed E-state index contributed by atoms with van der Waals surface area (Å²) >= 11 is 0. The number of hydrogen-bond donors (Lipinski definition) is 1.